The smallest absolute Gasteiger partial charge is 0.137 e. The second-order valence-corrected chi connectivity index (χ2v) is 7.41. The van der Waals surface area contributed by atoms with Crippen molar-refractivity contribution >= 4 is 16.6 Å². The molecule has 1 aliphatic rings. The number of hydrogen-bond acceptors (Lipinski definition) is 5. The predicted molar refractivity (Wildman–Crippen MR) is 115 cm³/mol. The van der Waals surface area contributed by atoms with E-state index in [1.54, 1.807) is 7.11 Å². The van der Waals surface area contributed by atoms with Gasteiger partial charge in [0.15, 0.2) is 0 Å². The van der Waals surface area contributed by atoms with Crippen molar-refractivity contribution in [2.45, 2.75) is 25.9 Å². The van der Waals surface area contributed by atoms with Crippen LogP contribution in [0.5, 0.6) is 0 Å². The first-order chi connectivity index (χ1) is 13.7. The highest BCUT2D eigenvalue weighted by atomic mass is 16.5. The number of ether oxygens (including phenoxy) is 1. The Bertz CT molecular complexity index is 920. The Labute approximate surface area is 166 Å². The van der Waals surface area contributed by atoms with Crippen molar-refractivity contribution in [3.05, 3.63) is 54.4 Å². The van der Waals surface area contributed by atoms with E-state index in [1.807, 2.05) is 6.20 Å². The van der Waals surface area contributed by atoms with Crippen molar-refractivity contribution in [1.29, 1.82) is 0 Å². The summed E-state index contributed by atoms with van der Waals surface area (Å²) in [5.41, 5.74) is 3.14. The van der Waals surface area contributed by atoms with Crippen molar-refractivity contribution in [3.63, 3.8) is 0 Å². The number of aromatic nitrogens is 2. The zero-order valence-corrected chi connectivity index (χ0v) is 16.7. The molecule has 146 valence electrons. The summed E-state index contributed by atoms with van der Waals surface area (Å²) in [5, 5.41) is 5.86. The third-order valence-corrected chi connectivity index (χ3v) is 5.47. The summed E-state index contributed by atoms with van der Waals surface area (Å²) in [6, 6.07) is 14.9. The molecule has 28 heavy (non-hydrogen) atoms. The molecule has 1 saturated heterocycles. The molecule has 5 heteroatoms. The van der Waals surface area contributed by atoms with Crippen LogP contribution in [-0.2, 0) is 11.2 Å². The van der Waals surface area contributed by atoms with Crippen molar-refractivity contribution in [3.8, 4) is 11.3 Å². The van der Waals surface area contributed by atoms with Gasteiger partial charge in [-0.05, 0) is 43.4 Å². The number of pyridine rings is 2. The lowest BCUT2D eigenvalue weighted by Crippen LogP contribution is -2.44. The van der Waals surface area contributed by atoms with Crippen LogP contribution in [0.25, 0.3) is 22.0 Å². The van der Waals surface area contributed by atoms with Crippen molar-refractivity contribution in [2.75, 3.05) is 38.2 Å². The molecule has 2 aromatic heterocycles. The molecule has 0 bridgehead atoms. The molecule has 0 amide bonds. The molecule has 0 spiro atoms. The van der Waals surface area contributed by atoms with Gasteiger partial charge in [0, 0.05) is 56.1 Å². The third-order valence-electron chi connectivity index (χ3n) is 5.47. The Morgan fingerprint density at radius 2 is 1.96 bits per heavy atom. The van der Waals surface area contributed by atoms with Gasteiger partial charge in [0.2, 0.25) is 0 Å². The van der Waals surface area contributed by atoms with Crippen LogP contribution in [0.3, 0.4) is 0 Å². The monoisotopic (exact) mass is 376 g/mol. The second kappa shape index (κ2) is 8.67. The lowest BCUT2D eigenvalue weighted by Gasteiger charge is -2.29. The molecule has 3 heterocycles. The van der Waals surface area contributed by atoms with E-state index in [0.717, 1.165) is 61.8 Å². The van der Waals surface area contributed by atoms with Gasteiger partial charge >= 0.3 is 0 Å². The summed E-state index contributed by atoms with van der Waals surface area (Å²) >= 11 is 0. The number of benzene rings is 1. The predicted octanol–water partition coefficient (Wildman–Crippen LogP) is 3.67. The zero-order chi connectivity index (χ0) is 19.3. The van der Waals surface area contributed by atoms with E-state index in [9.17, 15) is 0 Å². The molecule has 1 atom stereocenters. The van der Waals surface area contributed by atoms with Gasteiger partial charge in [0.05, 0.1) is 11.8 Å². The van der Waals surface area contributed by atoms with E-state index in [-0.39, 0.29) is 6.10 Å². The average molecular weight is 377 g/mol. The molecule has 0 radical (unpaired) electrons. The maximum atomic E-state index is 5.33. The highest BCUT2D eigenvalue weighted by molar-refractivity contribution is 5.95. The fraction of sp³-hybridized carbons (Fsp3) is 0.391. The molecule has 1 unspecified atom stereocenters. The fourth-order valence-corrected chi connectivity index (χ4v) is 3.64. The number of nitrogens with one attached hydrogen (secondary N) is 1. The second-order valence-electron chi connectivity index (χ2n) is 7.41. The summed E-state index contributed by atoms with van der Waals surface area (Å²) in [6.45, 7) is 6.04. The molecule has 3 aromatic rings. The Morgan fingerprint density at radius 1 is 1.14 bits per heavy atom. The number of aryl methyl sites for hydroxylation is 1. The summed E-state index contributed by atoms with van der Waals surface area (Å²) < 4.78 is 5.33. The topological polar surface area (TPSA) is 50.3 Å². The van der Waals surface area contributed by atoms with Gasteiger partial charge in [-0.2, -0.15) is 0 Å². The maximum absolute atomic E-state index is 5.33. The Balaban J connectivity index is 1.65. The van der Waals surface area contributed by atoms with E-state index < -0.39 is 0 Å². The largest absolute Gasteiger partial charge is 0.382 e. The minimum absolute atomic E-state index is 0.255. The summed E-state index contributed by atoms with van der Waals surface area (Å²) in [7, 11) is 1.75. The number of nitrogens with zero attached hydrogens (tertiary/aromatic N) is 3. The van der Waals surface area contributed by atoms with Gasteiger partial charge in [-0.15, -0.1) is 0 Å². The SMILES string of the molecule is COC(C)CCc1ccc(-c2cc3ccccc3c(N3CCNCC3)n2)cn1. The number of anilines is 1. The van der Waals surface area contributed by atoms with Crippen molar-refractivity contribution in [2.24, 2.45) is 0 Å². The van der Waals surface area contributed by atoms with E-state index in [4.69, 9.17) is 9.72 Å². The molecular weight excluding hydrogens is 348 g/mol. The van der Waals surface area contributed by atoms with Crippen LogP contribution >= 0.6 is 0 Å². The van der Waals surface area contributed by atoms with Crippen LogP contribution in [0.15, 0.2) is 48.7 Å². The zero-order valence-electron chi connectivity index (χ0n) is 16.7. The van der Waals surface area contributed by atoms with E-state index in [2.05, 4.69) is 64.6 Å². The van der Waals surface area contributed by atoms with Crippen molar-refractivity contribution < 1.29 is 4.74 Å². The molecule has 0 saturated carbocycles. The van der Waals surface area contributed by atoms with Crippen molar-refractivity contribution in [1.82, 2.24) is 15.3 Å². The molecule has 1 aromatic carbocycles. The molecular formula is C23H28N4O. The van der Waals surface area contributed by atoms with Gasteiger partial charge in [-0.1, -0.05) is 24.3 Å². The first-order valence-corrected chi connectivity index (χ1v) is 10.1. The third kappa shape index (κ3) is 4.16. The summed E-state index contributed by atoms with van der Waals surface area (Å²) in [5.74, 6) is 1.08. The lowest BCUT2D eigenvalue weighted by atomic mass is 10.1. The molecule has 1 N–H and O–H groups in total. The van der Waals surface area contributed by atoms with Crippen LogP contribution in [0, 0.1) is 0 Å². The fourth-order valence-electron chi connectivity index (χ4n) is 3.64. The van der Waals surface area contributed by atoms with Crippen LogP contribution < -0.4 is 10.2 Å². The summed E-state index contributed by atoms with van der Waals surface area (Å²) in [4.78, 5) is 12.1. The first-order valence-electron chi connectivity index (χ1n) is 10.1. The molecule has 1 fully saturated rings. The van der Waals surface area contributed by atoms with Crippen LogP contribution in [0.1, 0.15) is 19.0 Å². The lowest BCUT2D eigenvalue weighted by molar-refractivity contribution is 0.111. The standard InChI is InChI=1S/C23H28N4O/c1-17(28-2)7-9-20-10-8-19(16-25-20)22-15-18-5-3-4-6-21(18)23(26-22)27-13-11-24-12-14-27/h3-6,8,10,15-17,24H,7,9,11-14H2,1-2H3. The van der Waals surface area contributed by atoms with Gasteiger partial charge < -0.3 is 15.0 Å². The Morgan fingerprint density at radius 3 is 2.71 bits per heavy atom. The Hall–Kier alpha value is -2.50. The van der Waals surface area contributed by atoms with Gasteiger partial charge in [-0.3, -0.25) is 4.98 Å². The number of hydrogen-bond donors (Lipinski definition) is 1. The van der Waals surface area contributed by atoms with Crippen LogP contribution in [-0.4, -0.2) is 49.4 Å². The van der Waals surface area contributed by atoms with Gasteiger partial charge in [0.1, 0.15) is 5.82 Å². The highest BCUT2D eigenvalue weighted by Crippen LogP contribution is 2.30. The number of piperazine rings is 1. The van der Waals surface area contributed by atoms with E-state index in [0.29, 0.717) is 0 Å². The van der Waals surface area contributed by atoms with Gasteiger partial charge in [0.25, 0.3) is 0 Å². The minimum Gasteiger partial charge on any atom is -0.382 e. The molecule has 0 aliphatic carbocycles. The quantitative estimate of drug-likeness (QED) is 0.711. The molecule has 5 nitrogen and oxygen atoms in total. The van der Waals surface area contributed by atoms with Crippen LogP contribution in [0.2, 0.25) is 0 Å². The number of fused-ring (bicyclic) bond motifs is 1. The van der Waals surface area contributed by atoms with Gasteiger partial charge in [-0.25, -0.2) is 4.98 Å². The highest BCUT2D eigenvalue weighted by Gasteiger charge is 2.16. The van der Waals surface area contributed by atoms with E-state index >= 15 is 0 Å². The minimum atomic E-state index is 0.255. The van der Waals surface area contributed by atoms with E-state index in [1.165, 1.54) is 10.8 Å². The first kappa shape index (κ1) is 18.8. The average Bonchev–Trinajstić information content (AvgIpc) is 2.77. The maximum Gasteiger partial charge on any atom is 0.137 e. The molecule has 1 aliphatic heterocycles. The number of methoxy groups -OCH3 is 1. The normalized spacial score (nSPS) is 15.7. The molecule has 4 rings (SSSR count). The Kier molecular flexibility index (Phi) is 5.84. The van der Waals surface area contributed by atoms with Crippen LogP contribution in [0.4, 0.5) is 5.82 Å². The number of rotatable bonds is 6. The summed E-state index contributed by atoms with van der Waals surface area (Å²) in [6.07, 6.45) is 4.10.